The molecule has 1 N–H and O–H groups in total. The normalized spacial score (nSPS) is 14.3. The van der Waals surface area contributed by atoms with E-state index in [1.165, 1.54) is 13.8 Å². The van der Waals surface area contributed by atoms with Crippen molar-refractivity contribution in [2.75, 3.05) is 0 Å². The van der Waals surface area contributed by atoms with Crippen LogP contribution in [0.4, 0.5) is 18.0 Å². The van der Waals surface area contributed by atoms with Crippen LogP contribution in [0.25, 0.3) is 0 Å². The molecule has 1 amide bonds. The van der Waals surface area contributed by atoms with Crippen LogP contribution in [0.1, 0.15) is 34.6 Å². The Bertz CT molecular complexity index is 318. The standard InChI is InChI=1S/C11H18F3NO3/c1-6(2)7(8(16)11(12,13)14)15-9(17)18-10(3,4)5/h6-7H,1-5H3,(H,15,17)/t7-/m0/s1. The van der Waals surface area contributed by atoms with Gasteiger partial charge in [-0.25, -0.2) is 4.79 Å². The van der Waals surface area contributed by atoms with Crippen molar-refractivity contribution in [3.63, 3.8) is 0 Å². The Hall–Kier alpha value is -1.27. The summed E-state index contributed by atoms with van der Waals surface area (Å²) >= 11 is 0. The maximum Gasteiger partial charge on any atom is 0.452 e. The van der Waals surface area contributed by atoms with Crippen LogP contribution in [0.5, 0.6) is 0 Å². The van der Waals surface area contributed by atoms with Gasteiger partial charge in [-0.15, -0.1) is 0 Å². The molecule has 0 saturated carbocycles. The number of amides is 1. The van der Waals surface area contributed by atoms with Crippen molar-refractivity contribution < 1.29 is 27.5 Å². The zero-order chi connectivity index (χ0) is 14.7. The Balaban J connectivity index is 4.76. The predicted molar refractivity (Wildman–Crippen MR) is 59.1 cm³/mol. The first-order valence-corrected chi connectivity index (χ1v) is 5.45. The smallest absolute Gasteiger partial charge is 0.444 e. The Labute approximate surface area is 104 Å². The summed E-state index contributed by atoms with van der Waals surface area (Å²) in [7, 11) is 0. The Morgan fingerprint density at radius 1 is 1.11 bits per heavy atom. The van der Waals surface area contributed by atoms with Gasteiger partial charge in [-0.3, -0.25) is 4.79 Å². The lowest BCUT2D eigenvalue weighted by atomic mass is 10.00. The average molecular weight is 269 g/mol. The van der Waals surface area contributed by atoms with Gasteiger partial charge in [0.15, 0.2) is 0 Å². The van der Waals surface area contributed by atoms with Crippen LogP contribution in [0.2, 0.25) is 0 Å². The lowest BCUT2D eigenvalue weighted by molar-refractivity contribution is -0.174. The van der Waals surface area contributed by atoms with Crippen molar-refractivity contribution in [3.8, 4) is 0 Å². The quantitative estimate of drug-likeness (QED) is 0.857. The number of hydrogen-bond acceptors (Lipinski definition) is 3. The summed E-state index contributed by atoms with van der Waals surface area (Å²) in [5.74, 6) is -2.67. The van der Waals surface area contributed by atoms with E-state index in [0.29, 0.717) is 0 Å². The molecule has 0 unspecified atom stereocenters. The minimum absolute atomic E-state index is 0.688. The molecule has 0 heterocycles. The van der Waals surface area contributed by atoms with E-state index in [0.717, 1.165) is 0 Å². The summed E-state index contributed by atoms with van der Waals surface area (Å²) in [4.78, 5) is 22.5. The van der Waals surface area contributed by atoms with Gasteiger partial charge in [-0.05, 0) is 26.7 Å². The summed E-state index contributed by atoms with van der Waals surface area (Å²) in [6.45, 7) is 7.53. The van der Waals surface area contributed by atoms with Crippen LogP contribution in [0.3, 0.4) is 0 Å². The maximum atomic E-state index is 12.3. The molecule has 0 spiro atoms. The van der Waals surface area contributed by atoms with Crippen molar-refractivity contribution in [2.45, 2.75) is 52.4 Å². The van der Waals surface area contributed by atoms with Crippen molar-refractivity contribution >= 4 is 11.9 Å². The summed E-state index contributed by atoms with van der Waals surface area (Å²) in [5, 5.41) is 1.95. The molecule has 0 rings (SSSR count). The van der Waals surface area contributed by atoms with Crippen molar-refractivity contribution in [1.29, 1.82) is 0 Å². The van der Waals surface area contributed by atoms with Gasteiger partial charge >= 0.3 is 12.3 Å². The van der Waals surface area contributed by atoms with Crippen LogP contribution in [0.15, 0.2) is 0 Å². The van der Waals surface area contributed by atoms with Gasteiger partial charge < -0.3 is 10.1 Å². The molecule has 0 aliphatic heterocycles. The second-order valence-electron chi connectivity index (χ2n) is 5.23. The average Bonchev–Trinajstić information content (AvgIpc) is 2.08. The zero-order valence-electron chi connectivity index (χ0n) is 11.0. The Morgan fingerprint density at radius 2 is 1.56 bits per heavy atom. The number of carbonyl (C=O) groups excluding carboxylic acids is 2. The summed E-state index contributed by atoms with van der Waals surface area (Å²) in [6.07, 6.45) is -6.02. The second-order valence-corrected chi connectivity index (χ2v) is 5.23. The first-order valence-electron chi connectivity index (χ1n) is 5.45. The van der Waals surface area contributed by atoms with E-state index in [1.54, 1.807) is 20.8 Å². The number of ether oxygens (including phenoxy) is 1. The molecular formula is C11H18F3NO3. The number of rotatable bonds is 3. The first kappa shape index (κ1) is 16.7. The number of ketones is 1. The third-order valence-corrected chi connectivity index (χ3v) is 1.90. The van der Waals surface area contributed by atoms with E-state index in [9.17, 15) is 22.8 Å². The molecule has 0 bridgehead atoms. The highest BCUT2D eigenvalue weighted by Crippen LogP contribution is 2.21. The highest BCUT2D eigenvalue weighted by Gasteiger charge is 2.45. The van der Waals surface area contributed by atoms with Gasteiger partial charge in [-0.2, -0.15) is 13.2 Å². The number of Topliss-reactive ketones (excluding diaryl/α,β-unsaturated/α-hetero) is 1. The van der Waals surface area contributed by atoms with Gasteiger partial charge in [0, 0.05) is 0 Å². The van der Waals surface area contributed by atoms with Crippen LogP contribution in [-0.2, 0) is 9.53 Å². The molecular weight excluding hydrogens is 251 g/mol. The summed E-state index contributed by atoms with van der Waals surface area (Å²) in [5.41, 5.74) is -0.840. The highest BCUT2D eigenvalue weighted by atomic mass is 19.4. The van der Waals surface area contributed by atoms with E-state index in [1.807, 2.05) is 5.32 Å². The zero-order valence-corrected chi connectivity index (χ0v) is 11.0. The lowest BCUT2D eigenvalue weighted by Crippen LogP contribution is -2.50. The van der Waals surface area contributed by atoms with Crippen molar-refractivity contribution in [3.05, 3.63) is 0 Å². The van der Waals surface area contributed by atoms with Gasteiger partial charge in [0.2, 0.25) is 0 Å². The lowest BCUT2D eigenvalue weighted by Gasteiger charge is -2.25. The molecule has 0 radical (unpaired) electrons. The summed E-state index contributed by atoms with van der Waals surface area (Å²) in [6, 6.07) is -1.64. The highest BCUT2D eigenvalue weighted by molar-refractivity contribution is 5.91. The van der Waals surface area contributed by atoms with E-state index in [2.05, 4.69) is 0 Å². The molecule has 18 heavy (non-hydrogen) atoms. The molecule has 0 fully saturated rings. The molecule has 0 aromatic heterocycles. The maximum absolute atomic E-state index is 12.3. The molecule has 0 aromatic rings. The molecule has 1 atom stereocenters. The van der Waals surface area contributed by atoms with Gasteiger partial charge in [0.1, 0.15) is 11.6 Å². The fourth-order valence-electron chi connectivity index (χ4n) is 1.15. The first-order chi connectivity index (χ1) is 7.84. The van der Waals surface area contributed by atoms with Crippen LogP contribution in [-0.4, -0.2) is 29.7 Å². The van der Waals surface area contributed by atoms with Crippen molar-refractivity contribution in [1.82, 2.24) is 5.32 Å². The predicted octanol–water partition coefficient (Wildman–Crippen LogP) is 2.67. The van der Waals surface area contributed by atoms with E-state index in [-0.39, 0.29) is 0 Å². The SMILES string of the molecule is CC(C)[C@H](NC(=O)OC(C)(C)C)C(=O)C(F)(F)F. The monoisotopic (exact) mass is 269 g/mol. The van der Waals surface area contributed by atoms with Gasteiger partial charge in [-0.1, -0.05) is 13.8 Å². The number of nitrogens with one attached hydrogen (secondary N) is 1. The Morgan fingerprint density at radius 3 is 1.83 bits per heavy atom. The molecule has 0 aromatic carbocycles. The van der Waals surface area contributed by atoms with Crippen LogP contribution >= 0.6 is 0 Å². The van der Waals surface area contributed by atoms with Gasteiger partial charge in [0.05, 0.1) is 0 Å². The molecule has 4 nitrogen and oxygen atoms in total. The van der Waals surface area contributed by atoms with Crippen molar-refractivity contribution in [2.24, 2.45) is 5.92 Å². The molecule has 0 aliphatic carbocycles. The number of alkyl carbamates (subject to hydrolysis) is 1. The number of hydrogen-bond donors (Lipinski definition) is 1. The van der Waals surface area contributed by atoms with Gasteiger partial charge in [0.25, 0.3) is 5.78 Å². The van der Waals surface area contributed by atoms with Crippen LogP contribution in [0, 0.1) is 5.92 Å². The number of alkyl halides is 3. The van der Waals surface area contributed by atoms with E-state index in [4.69, 9.17) is 4.74 Å². The Kier molecular flexibility index (Phi) is 5.19. The molecule has 7 heteroatoms. The van der Waals surface area contributed by atoms with E-state index >= 15 is 0 Å². The fourth-order valence-corrected chi connectivity index (χ4v) is 1.15. The third-order valence-electron chi connectivity index (χ3n) is 1.90. The minimum Gasteiger partial charge on any atom is -0.444 e. The molecule has 0 aliphatic rings. The van der Waals surface area contributed by atoms with E-state index < -0.39 is 35.6 Å². The molecule has 106 valence electrons. The number of halogens is 3. The summed E-state index contributed by atoms with van der Waals surface area (Å²) < 4.78 is 41.7. The van der Waals surface area contributed by atoms with Crippen LogP contribution < -0.4 is 5.32 Å². The second kappa shape index (κ2) is 5.58. The third kappa shape index (κ3) is 5.88. The fraction of sp³-hybridized carbons (Fsp3) is 0.818. The molecule has 0 saturated heterocycles. The minimum atomic E-state index is -4.98. The topological polar surface area (TPSA) is 55.4 Å². The largest absolute Gasteiger partial charge is 0.452 e. The number of carbonyl (C=O) groups is 2.